The lowest BCUT2D eigenvalue weighted by molar-refractivity contribution is -0.129. The first-order valence-corrected chi connectivity index (χ1v) is 12.2. The van der Waals surface area contributed by atoms with E-state index in [1.54, 1.807) is 59.5 Å². The molecule has 0 saturated carbocycles. The fraction of sp³-hybridized carbons (Fsp3) is 0.192. The Balaban J connectivity index is 1.55. The van der Waals surface area contributed by atoms with E-state index in [2.05, 4.69) is 10.3 Å². The molecule has 0 bridgehead atoms. The molecule has 0 spiro atoms. The number of hydrogen-bond donors (Lipinski definition) is 1. The molecule has 3 aromatic carbocycles. The summed E-state index contributed by atoms with van der Waals surface area (Å²) in [6.07, 6.45) is 0.541. The number of rotatable bonds is 7. The van der Waals surface area contributed by atoms with Crippen molar-refractivity contribution in [1.82, 2.24) is 4.90 Å². The normalized spacial score (nSPS) is 16.9. The van der Waals surface area contributed by atoms with Crippen molar-refractivity contribution < 1.29 is 18.7 Å². The van der Waals surface area contributed by atoms with Gasteiger partial charge in [0.15, 0.2) is 5.17 Å². The van der Waals surface area contributed by atoms with Gasteiger partial charge in [-0.3, -0.25) is 14.5 Å². The Labute approximate surface area is 212 Å². The number of thioether (sulfide) groups is 1. The van der Waals surface area contributed by atoms with Crippen LogP contribution in [0.25, 0.3) is 0 Å². The smallest absolute Gasteiger partial charge is 0.238 e. The van der Waals surface area contributed by atoms with Crippen molar-refractivity contribution in [1.29, 1.82) is 0 Å². The van der Waals surface area contributed by atoms with Crippen LogP contribution in [-0.4, -0.2) is 40.8 Å². The van der Waals surface area contributed by atoms with Gasteiger partial charge < -0.3 is 10.1 Å². The van der Waals surface area contributed by atoms with Gasteiger partial charge in [-0.25, -0.2) is 9.38 Å². The van der Waals surface area contributed by atoms with Gasteiger partial charge in [-0.05, 0) is 60.5 Å². The summed E-state index contributed by atoms with van der Waals surface area (Å²) >= 11 is 7.22. The Morgan fingerprint density at radius 2 is 1.86 bits per heavy atom. The highest BCUT2D eigenvalue weighted by atomic mass is 35.5. The van der Waals surface area contributed by atoms with Crippen molar-refractivity contribution in [2.24, 2.45) is 4.99 Å². The SMILES string of the molecule is COc1ccccc1NC(=O)C1CC(=O)N(CCc2ccc(F)cc2)C(=Nc2ccc(Cl)cc2)S1. The average Bonchev–Trinajstić information content (AvgIpc) is 2.86. The molecule has 0 aliphatic carbocycles. The second-order valence-electron chi connectivity index (χ2n) is 7.79. The summed E-state index contributed by atoms with van der Waals surface area (Å²) in [6.45, 7) is 0.352. The van der Waals surface area contributed by atoms with E-state index in [0.29, 0.717) is 40.3 Å². The molecule has 1 aliphatic heterocycles. The molecule has 9 heteroatoms. The van der Waals surface area contributed by atoms with Crippen molar-refractivity contribution in [3.05, 3.63) is 89.2 Å². The maximum Gasteiger partial charge on any atom is 0.238 e. The number of nitrogens with one attached hydrogen (secondary N) is 1. The van der Waals surface area contributed by atoms with Crippen LogP contribution in [0.1, 0.15) is 12.0 Å². The molecule has 1 heterocycles. The molecular formula is C26H23ClFN3O3S. The zero-order chi connectivity index (χ0) is 24.8. The Kier molecular flexibility index (Phi) is 8.05. The third kappa shape index (κ3) is 6.41. The predicted molar refractivity (Wildman–Crippen MR) is 138 cm³/mol. The predicted octanol–water partition coefficient (Wildman–Crippen LogP) is 5.69. The molecular weight excluding hydrogens is 489 g/mol. The summed E-state index contributed by atoms with van der Waals surface area (Å²) < 4.78 is 18.6. The number of carbonyl (C=O) groups excluding carboxylic acids is 2. The van der Waals surface area contributed by atoms with Gasteiger partial charge in [-0.15, -0.1) is 0 Å². The van der Waals surface area contributed by atoms with Crippen LogP contribution in [0.5, 0.6) is 5.75 Å². The number of aliphatic imine (C=N–C) groups is 1. The monoisotopic (exact) mass is 511 g/mol. The van der Waals surface area contributed by atoms with Crippen LogP contribution < -0.4 is 10.1 Å². The Hall–Kier alpha value is -3.36. The van der Waals surface area contributed by atoms with E-state index >= 15 is 0 Å². The minimum Gasteiger partial charge on any atom is -0.495 e. The standard InChI is InChI=1S/C26H23ClFN3O3S/c1-34-22-5-3-2-4-21(22)30-25(33)23-16-24(32)31(15-14-17-6-10-19(28)11-7-17)26(35-23)29-20-12-8-18(27)9-13-20/h2-13,23H,14-16H2,1H3,(H,30,33). The lowest BCUT2D eigenvalue weighted by atomic mass is 10.1. The molecule has 1 unspecified atom stereocenters. The first-order chi connectivity index (χ1) is 16.9. The van der Waals surface area contributed by atoms with Gasteiger partial charge in [-0.2, -0.15) is 0 Å². The minimum atomic E-state index is -0.666. The van der Waals surface area contributed by atoms with Gasteiger partial charge in [0, 0.05) is 18.0 Å². The summed E-state index contributed by atoms with van der Waals surface area (Å²) in [7, 11) is 1.53. The third-order valence-electron chi connectivity index (χ3n) is 5.39. The second-order valence-corrected chi connectivity index (χ2v) is 9.40. The Bertz CT molecular complexity index is 1240. The van der Waals surface area contributed by atoms with Crippen molar-refractivity contribution in [3.63, 3.8) is 0 Å². The van der Waals surface area contributed by atoms with Gasteiger partial charge in [-0.1, -0.05) is 47.6 Å². The molecule has 1 fully saturated rings. The maximum atomic E-state index is 13.3. The average molecular weight is 512 g/mol. The van der Waals surface area contributed by atoms with E-state index in [1.807, 2.05) is 6.07 Å². The fourth-order valence-electron chi connectivity index (χ4n) is 3.54. The molecule has 35 heavy (non-hydrogen) atoms. The summed E-state index contributed by atoms with van der Waals surface area (Å²) in [5.41, 5.74) is 2.04. The van der Waals surface area contributed by atoms with Crippen LogP contribution in [0.4, 0.5) is 15.8 Å². The van der Waals surface area contributed by atoms with E-state index in [9.17, 15) is 14.0 Å². The number of nitrogens with zero attached hydrogens (tertiary/aromatic N) is 2. The topological polar surface area (TPSA) is 71.0 Å². The van der Waals surface area contributed by atoms with Gasteiger partial charge in [0.1, 0.15) is 16.8 Å². The Morgan fingerprint density at radius 3 is 2.57 bits per heavy atom. The zero-order valence-electron chi connectivity index (χ0n) is 18.9. The van der Waals surface area contributed by atoms with Gasteiger partial charge in [0.2, 0.25) is 11.8 Å². The van der Waals surface area contributed by atoms with Crippen LogP contribution >= 0.6 is 23.4 Å². The van der Waals surface area contributed by atoms with Gasteiger partial charge in [0.25, 0.3) is 0 Å². The molecule has 6 nitrogen and oxygen atoms in total. The number of amidine groups is 1. The number of anilines is 1. The number of hydrogen-bond acceptors (Lipinski definition) is 5. The molecule has 4 rings (SSSR count). The number of ether oxygens (including phenoxy) is 1. The molecule has 0 aromatic heterocycles. The Morgan fingerprint density at radius 1 is 1.14 bits per heavy atom. The molecule has 1 atom stereocenters. The van der Waals surface area contributed by atoms with E-state index < -0.39 is 5.25 Å². The highest BCUT2D eigenvalue weighted by Crippen LogP contribution is 2.31. The summed E-state index contributed by atoms with van der Waals surface area (Å²) in [4.78, 5) is 32.5. The maximum absolute atomic E-state index is 13.3. The molecule has 1 N–H and O–H groups in total. The number of methoxy groups -OCH3 is 1. The summed E-state index contributed by atoms with van der Waals surface area (Å²) in [6, 6.07) is 20.2. The highest BCUT2D eigenvalue weighted by molar-refractivity contribution is 8.15. The number of halogens is 2. The molecule has 0 radical (unpaired) electrons. The van der Waals surface area contributed by atoms with Crippen molar-refractivity contribution in [2.45, 2.75) is 18.1 Å². The van der Waals surface area contributed by atoms with E-state index in [-0.39, 0.29) is 24.1 Å². The van der Waals surface area contributed by atoms with Crippen LogP contribution in [0, 0.1) is 5.82 Å². The van der Waals surface area contributed by atoms with E-state index in [1.165, 1.54) is 31.0 Å². The minimum absolute atomic E-state index is 0.0225. The molecule has 1 aliphatic rings. The van der Waals surface area contributed by atoms with Gasteiger partial charge in [0.05, 0.1) is 18.5 Å². The largest absolute Gasteiger partial charge is 0.495 e. The quantitative estimate of drug-likeness (QED) is 0.442. The summed E-state index contributed by atoms with van der Waals surface area (Å²) in [5, 5.41) is 3.19. The number of benzene rings is 3. The van der Waals surface area contributed by atoms with Crippen molar-refractivity contribution in [2.75, 3.05) is 19.0 Å². The number of amides is 2. The summed E-state index contributed by atoms with van der Waals surface area (Å²) in [5.74, 6) is -0.301. The lowest BCUT2D eigenvalue weighted by Crippen LogP contribution is -2.46. The second kappa shape index (κ2) is 11.4. The first kappa shape index (κ1) is 24.8. The van der Waals surface area contributed by atoms with E-state index in [0.717, 1.165) is 5.56 Å². The van der Waals surface area contributed by atoms with Crippen LogP contribution in [-0.2, 0) is 16.0 Å². The van der Waals surface area contributed by atoms with Crippen LogP contribution in [0.3, 0.4) is 0 Å². The highest BCUT2D eigenvalue weighted by Gasteiger charge is 2.36. The van der Waals surface area contributed by atoms with E-state index in [4.69, 9.17) is 16.3 Å². The third-order valence-corrected chi connectivity index (χ3v) is 6.83. The fourth-order valence-corrected chi connectivity index (χ4v) is 4.79. The molecule has 1 saturated heterocycles. The van der Waals surface area contributed by atoms with Gasteiger partial charge >= 0.3 is 0 Å². The van der Waals surface area contributed by atoms with Crippen molar-refractivity contribution in [3.8, 4) is 5.75 Å². The molecule has 3 aromatic rings. The molecule has 2 amide bonds. The van der Waals surface area contributed by atoms with Crippen LogP contribution in [0.15, 0.2) is 77.8 Å². The zero-order valence-corrected chi connectivity index (χ0v) is 20.5. The molecule has 180 valence electrons. The number of carbonyl (C=O) groups is 2. The van der Waals surface area contributed by atoms with Crippen LogP contribution in [0.2, 0.25) is 5.02 Å². The number of para-hydroxylation sites is 2. The van der Waals surface area contributed by atoms with Crippen molar-refractivity contribution >= 4 is 51.7 Å². The lowest BCUT2D eigenvalue weighted by Gasteiger charge is -2.32. The first-order valence-electron chi connectivity index (χ1n) is 10.9.